The standard InChI is InChI=1S/C12H13FN2O3/c13-9-3-1-2-8(10(9)14)11(16)15-5-4-7(6-15)12(17)18/h1-3,7H,4-6,14H2,(H,17,18). The molecular weight excluding hydrogens is 239 g/mol. The highest BCUT2D eigenvalue weighted by atomic mass is 19.1. The number of likely N-dealkylation sites (tertiary alicyclic amines) is 1. The fourth-order valence-electron chi connectivity index (χ4n) is 2.04. The summed E-state index contributed by atoms with van der Waals surface area (Å²) in [5.41, 5.74) is 5.40. The van der Waals surface area contributed by atoms with Crippen LogP contribution in [0.15, 0.2) is 18.2 Å². The van der Waals surface area contributed by atoms with Gasteiger partial charge in [-0.15, -0.1) is 0 Å². The minimum atomic E-state index is -0.919. The molecule has 1 atom stereocenters. The van der Waals surface area contributed by atoms with Crippen LogP contribution in [0.4, 0.5) is 10.1 Å². The smallest absolute Gasteiger partial charge is 0.308 e. The molecule has 96 valence electrons. The first kappa shape index (κ1) is 12.3. The summed E-state index contributed by atoms with van der Waals surface area (Å²) in [6.45, 7) is 0.496. The summed E-state index contributed by atoms with van der Waals surface area (Å²) in [6.07, 6.45) is 0.413. The average Bonchev–Trinajstić information content (AvgIpc) is 2.81. The number of rotatable bonds is 2. The van der Waals surface area contributed by atoms with Gasteiger partial charge in [-0.3, -0.25) is 9.59 Å². The first-order chi connectivity index (χ1) is 8.50. The van der Waals surface area contributed by atoms with E-state index < -0.39 is 23.6 Å². The Morgan fingerprint density at radius 1 is 1.44 bits per heavy atom. The monoisotopic (exact) mass is 252 g/mol. The van der Waals surface area contributed by atoms with Crippen molar-refractivity contribution in [3.05, 3.63) is 29.6 Å². The van der Waals surface area contributed by atoms with Crippen LogP contribution in [0, 0.1) is 11.7 Å². The normalized spacial score (nSPS) is 18.9. The minimum Gasteiger partial charge on any atom is -0.481 e. The van der Waals surface area contributed by atoms with Gasteiger partial charge in [0.15, 0.2) is 0 Å². The maximum absolute atomic E-state index is 13.2. The van der Waals surface area contributed by atoms with Crippen molar-refractivity contribution in [3.8, 4) is 0 Å². The van der Waals surface area contributed by atoms with Crippen molar-refractivity contribution >= 4 is 17.6 Å². The van der Waals surface area contributed by atoms with Crippen LogP contribution >= 0.6 is 0 Å². The van der Waals surface area contributed by atoms with Gasteiger partial charge in [-0.1, -0.05) is 6.07 Å². The largest absolute Gasteiger partial charge is 0.481 e. The summed E-state index contributed by atoms with van der Waals surface area (Å²) in [5, 5.41) is 8.86. The third-order valence-electron chi connectivity index (χ3n) is 3.11. The third kappa shape index (κ3) is 2.13. The van der Waals surface area contributed by atoms with Crippen molar-refractivity contribution in [2.45, 2.75) is 6.42 Å². The van der Waals surface area contributed by atoms with Gasteiger partial charge in [-0.25, -0.2) is 4.39 Å². The van der Waals surface area contributed by atoms with Crippen molar-refractivity contribution in [2.75, 3.05) is 18.8 Å². The quantitative estimate of drug-likeness (QED) is 0.768. The van der Waals surface area contributed by atoms with Gasteiger partial charge in [0.05, 0.1) is 17.2 Å². The average molecular weight is 252 g/mol. The maximum atomic E-state index is 13.2. The molecule has 0 radical (unpaired) electrons. The Hall–Kier alpha value is -2.11. The molecule has 0 bridgehead atoms. The van der Waals surface area contributed by atoms with Gasteiger partial charge < -0.3 is 15.7 Å². The molecule has 18 heavy (non-hydrogen) atoms. The van der Waals surface area contributed by atoms with Crippen LogP contribution < -0.4 is 5.73 Å². The van der Waals surface area contributed by atoms with Crippen LogP contribution in [0.1, 0.15) is 16.8 Å². The number of hydrogen-bond acceptors (Lipinski definition) is 3. The van der Waals surface area contributed by atoms with E-state index in [1.807, 2.05) is 0 Å². The zero-order valence-corrected chi connectivity index (χ0v) is 9.60. The van der Waals surface area contributed by atoms with Crippen molar-refractivity contribution in [1.29, 1.82) is 0 Å². The molecule has 1 aromatic rings. The van der Waals surface area contributed by atoms with E-state index in [0.29, 0.717) is 13.0 Å². The number of anilines is 1. The SMILES string of the molecule is Nc1c(F)cccc1C(=O)N1CCC(C(=O)O)C1. The molecule has 6 heteroatoms. The molecule has 0 aliphatic carbocycles. The van der Waals surface area contributed by atoms with Crippen molar-refractivity contribution < 1.29 is 19.1 Å². The highest BCUT2D eigenvalue weighted by Crippen LogP contribution is 2.22. The summed E-state index contributed by atoms with van der Waals surface area (Å²) in [4.78, 5) is 24.3. The molecule has 5 nitrogen and oxygen atoms in total. The van der Waals surface area contributed by atoms with E-state index in [-0.39, 0.29) is 17.8 Å². The van der Waals surface area contributed by atoms with Crippen molar-refractivity contribution in [2.24, 2.45) is 5.92 Å². The second-order valence-electron chi connectivity index (χ2n) is 4.28. The zero-order valence-electron chi connectivity index (χ0n) is 9.60. The molecule has 1 aliphatic heterocycles. The second-order valence-corrected chi connectivity index (χ2v) is 4.28. The summed E-state index contributed by atoms with van der Waals surface area (Å²) in [6, 6.07) is 4.02. The number of carboxylic acids is 1. The zero-order chi connectivity index (χ0) is 13.3. The minimum absolute atomic E-state index is 0.0843. The number of carbonyl (C=O) groups excluding carboxylic acids is 1. The fraction of sp³-hybridized carbons (Fsp3) is 0.333. The summed E-state index contributed by atoms with van der Waals surface area (Å²) in [5.74, 6) is -2.54. The third-order valence-corrected chi connectivity index (χ3v) is 3.11. The molecule has 1 unspecified atom stereocenters. The number of nitrogens with two attached hydrogens (primary N) is 1. The van der Waals surface area contributed by atoms with E-state index >= 15 is 0 Å². The Kier molecular flexibility index (Phi) is 3.18. The first-order valence-electron chi connectivity index (χ1n) is 5.56. The maximum Gasteiger partial charge on any atom is 0.308 e. The highest BCUT2D eigenvalue weighted by Gasteiger charge is 2.32. The summed E-state index contributed by atoms with van der Waals surface area (Å²) >= 11 is 0. The first-order valence-corrected chi connectivity index (χ1v) is 5.56. The van der Waals surface area contributed by atoms with E-state index in [1.54, 1.807) is 0 Å². The molecule has 0 saturated carbocycles. The van der Waals surface area contributed by atoms with Crippen LogP contribution in [0.5, 0.6) is 0 Å². The number of nitrogen functional groups attached to an aromatic ring is 1. The lowest BCUT2D eigenvalue weighted by Gasteiger charge is -2.17. The molecule has 3 N–H and O–H groups in total. The summed E-state index contributed by atoms with van der Waals surface area (Å²) < 4.78 is 13.2. The molecule has 0 aromatic heterocycles. The number of carboxylic acid groups (broad SMARTS) is 1. The Morgan fingerprint density at radius 2 is 2.17 bits per heavy atom. The number of hydrogen-bond donors (Lipinski definition) is 2. The molecule has 1 heterocycles. The van der Waals surface area contributed by atoms with E-state index in [4.69, 9.17) is 10.8 Å². The van der Waals surface area contributed by atoms with Gasteiger partial charge in [0.1, 0.15) is 5.82 Å². The lowest BCUT2D eigenvalue weighted by atomic mass is 10.1. The number of halogens is 1. The number of amides is 1. The number of aliphatic carboxylic acids is 1. The molecule has 0 spiro atoms. The molecular formula is C12H13FN2O3. The van der Waals surface area contributed by atoms with E-state index in [9.17, 15) is 14.0 Å². The lowest BCUT2D eigenvalue weighted by molar-refractivity contribution is -0.141. The Bertz CT molecular complexity index is 504. The molecule has 2 rings (SSSR count). The van der Waals surface area contributed by atoms with E-state index in [0.717, 1.165) is 0 Å². The topological polar surface area (TPSA) is 83.6 Å². The predicted molar refractivity (Wildman–Crippen MR) is 62.5 cm³/mol. The van der Waals surface area contributed by atoms with Crippen molar-refractivity contribution in [1.82, 2.24) is 4.90 Å². The lowest BCUT2D eigenvalue weighted by Crippen LogP contribution is -2.30. The van der Waals surface area contributed by atoms with Gasteiger partial charge in [-0.2, -0.15) is 0 Å². The van der Waals surface area contributed by atoms with Gasteiger partial charge in [0.2, 0.25) is 0 Å². The fourth-order valence-corrected chi connectivity index (χ4v) is 2.04. The highest BCUT2D eigenvalue weighted by molar-refractivity contribution is 5.99. The Labute approximate surface area is 103 Å². The Balaban J connectivity index is 2.18. The molecule has 1 aromatic carbocycles. The van der Waals surface area contributed by atoms with Gasteiger partial charge in [0, 0.05) is 13.1 Å². The van der Waals surface area contributed by atoms with Crippen LogP contribution in [0.25, 0.3) is 0 Å². The number of carbonyl (C=O) groups is 2. The number of nitrogens with zero attached hydrogens (tertiary/aromatic N) is 1. The number of para-hydroxylation sites is 1. The van der Waals surface area contributed by atoms with E-state index in [2.05, 4.69) is 0 Å². The molecule has 1 saturated heterocycles. The van der Waals surface area contributed by atoms with Crippen molar-refractivity contribution in [3.63, 3.8) is 0 Å². The predicted octanol–water partition coefficient (Wildman–Crippen LogP) is 0.955. The van der Waals surface area contributed by atoms with Crippen LogP contribution in [-0.2, 0) is 4.79 Å². The van der Waals surface area contributed by atoms with Gasteiger partial charge >= 0.3 is 5.97 Å². The van der Waals surface area contributed by atoms with Crippen LogP contribution in [0.3, 0.4) is 0 Å². The van der Waals surface area contributed by atoms with E-state index in [1.165, 1.54) is 23.1 Å². The van der Waals surface area contributed by atoms with Gasteiger partial charge in [0.25, 0.3) is 5.91 Å². The summed E-state index contributed by atoms with van der Waals surface area (Å²) in [7, 11) is 0. The Morgan fingerprint density at radius 3 is 2.78 bits per heavy atom. The molecule has 1 aliphatic rings. The second kappa shape index (κ2) is 4.64. The van der Waals surface area contributed by atoms with Crippen LogP contribution in [0.2, 0.25) is 0 Å². The number of benzene rings is 1. The van der Waals surface area contributed by atoms with Gasteiger partial charge in [-0.05, 0) is 18.6 Å². The van der Waals surface area contributed by atoms with Crippen LogP contribution in [-0.4, -0.2) is 35.0 Å². The molecule has 1 amide bonds. The molecule has 1 fully saturated rings.